The average molecular weight is 373 g/mol. The van der Waals surface area contributed by atoms with Gasteiger partial charge in [-0.1, -0.05) is 34.1 Å². The molecule has 0 fully saturated rings. The number of para-hydroxylation sites is 1. The summed E-state index contributed by atoms with van der Waals surface area (Å²) >= 11 is 3.45. The van der Waals surface area contributed by atoms with Crippen LogP contribution >= 0.6 is 15.9 Å². The Balaban J connectivity index is 1.76. The first-order chi connectivity index (χ1) is 11.2. The van der Waals surface area contributed by atoms with Gasteiger partial charge in [0.1, 0.15) is 5.75 Å². The van der Waals surface area contributed by atoms with Crippen molar-refractivity contribution in [3.63, 3.8) is 0 Å². The number of hydrogen-bond acceptors (Lipinski definition) is 3. The Morgan fingerprint density at radius 1 is 1.26 bits per heavy atom. The van der Waals surface area contributed by atoms with Gasteiger partial charge < -0.3 is 14.8 Å². The van der Waals surface area contributed by atoms with Gasteiger partial charge in [-0.3, -0.25) is 4.99 Å². The van der Waals surface area contributed by atoms with Gasteiger partial charge in [0.05, 0.1) is 12.7 Å². The molecule has 4 nitrogen and oxygen atoms in total. The molecule has 0 saturated heterocycles. The maximum atomic E-state index is 10.0. The van der Waals surface area contributed by atoms with E-state index in [-0.39, 0.29) is 5.88 Å². The number of aromatic hydroxyl groups is 1. The molecule has 0 unspecified atom stereocenters. The Hall–Kier alpha value is -2.27. The number of aromatic nitrogens is 1. The molecule has 2 aromatic carbocycles. The summed E-state index contributed by atoms with van der Waals surface area (Å²) in [5.74, 6) is 1.01. The van der Waals surface area contributed by atoms with Gasteiger partial charge in [-0.25, -0.2) is 0 Å². The van der Waals surface area contributed by atoms with E-state index in [4.69, 9.17) is 4.74 Å². The van der Waals surface area contributed by atoms with Crippen LogP contribution in [0.3, 0.4) is 0 Å². The fraction of sp³-hybridized carbons (Fsp3) is 0.167. The topological polar surface area (TPSA) is 57.6 Å². The largest absolute Gasteiger partial charge is 0.496 e. The lowest BCUT2D eigenvalue weighted by molar-refractivity contribution is 0.410. The van der Waals surface area contributed by atoms with Gasteiger partial charge in [0.2, 0.25) is 0 Å². The third-order valence-corrected chi connectivity index (χ3v) is 4.20. The van der Waals surface area contributed by atoms with Crippen LogP contribution in [0.15, 0.2) is 51.9 Å². The zero-order valence-electron chi connectivity index (χ0n) is 12.7. The lowest BCUT2D eigenvalue weighted by Crippen LogP contribution is -1.95. The van der Waals surface area contributed by atoms with Gasteiger partial charge in [0.15, 0.2) is 5.88 Å². The highest BCUT2D eigenvalue weighted by Crippen LogP contribution is 2.28. The van der Waals surface area contributed by atoms with Crippen molar-refractivity contribution in [2.75, 3.05) is 13.7 Å². The van der Waals surface area contributed by atoms with Crippen LogP contribution in [0.25, 0.3) is 10.9 Å². The molecule has 1 heterocycles. The molecule has 3 aromatic rings. The first-order valence-electron chi connectivity index (χ1n) is 7.31. The average Bonchev–Trinajstić information content (AvgIpc) is 2.87. The zero-order valence-corrected chi connectivity index (χ0v) is 14.3. The molecule has 0 amide bonds. The number of benzene rings is 2. The van der Waals surface area contributed by atoms with Gasteiger partial charge in [-0.05, 0) is 36.2 Å². The fourth-order valence-corrected chi connectivity index (χ4v) is 2.91. The van der Waals surface area contributed by atoms with Crippen LogP contribution in [-0.4, -0.2) is 30.0 Å². The highest BCUT2D eigenvalue weighted by atomic mass is 79.9. The fourth-order valence-electron chi connectivity index (χ4n) is 2.55. The Kier molecular flexibility index (Phi) is 4.67. The van der Waals surface area contributed by atoms with Gasteiger partial charge in [-0.2, -0.15) is 0 Å². The van der Waals surface area contributed by atoms with Crippen LogP contribution in [0.1, 0.15) is 11.1 Å². The van der Waals surface area contributed by atoms with E-state index in [1.54, 1.807) is 13.3 Å². The third kappa shape index (κ3) is 3.40. The molecule has 0 aliphatic heterocycles. The van der Waals surface area contributed by atoms with E-state index in [1.165, 1.54) is 0 Å². The molecule has 0 radical (unpaired) electrons. The van der Waals surface area contributed by atoms with E-state index < -0.39 is 0 Å². The maximum absolute atomic E-state index is 10.0. The quantitative estimate of drug-likeness (QED) is 0.655. The van der Waals surface area contributed by atoms with E-state index in [1.807, 2.05) is 42.5 Å². The number of rotatable bonds is 5. The molecule has 0 saturated carbocycles. The van der Waals surface area contributed by atoms with Crippen LogP contribution in [0.5, 0.6) is 11.6 Å². The number of methoxy groups -OCH3 is 1. The van der Waals surface area contributed by atoms with Crippen molar-refractivity contribution in [3.8, 4) is 11.6 Å². The summed E-state index contributed by atoms with van der Waals surface area (Å²) in [5.41, 5.74) is 2.72. The second-order valence-electron chi connectivity index (χ2n) is 5.17. The SMILES string of the molecule is COc1ccccc1CCN=Cc1c(O)[nH]c2ccc(Br)cc12. The maximum Gasteiger partial charge on any atom is 0.198 e. The van der Waals surface area contributed by atoms with E-state index in [2.05, 4.69) is 25.9 Å². The molecule has 3 rings (SSSR count). The molecule has 5 heteroatoms. The predicted molar refractivity (Wildman–Crippen MR) is 96.8 cm³/mol. The van der Waals surface area contributed by atoms with Crippen molar-refractivity contribution < 1.29 is 9.84 Å². The number of aromatic amines is 1. The highest BCUT2D eigenvalue weighted by molar-refractivity contribution is 9.10. The predicted octanol–water partition coefficient (Wildman–Crippen LogP) is 4.31. The van der Waals surface area contributed by atoms with Gasteiger partial charge in [-0.15, -0.1) is 0 Å². The molecule has 0 atom stereocenters. The molecule has 0 spiro atoms. The summed E-state index contributed by atoms with van der Waals surface area (Å²) in [7, 11) is 1.67. The van der Waals surface area contributed by atoms with Crippen molar-refractivity contribution in [2.24, 2.45) is 4.99 Å². The van der Waals surface area contributed by atoms with Crippen LogP contribution in [0.2, 0.25) is 0 Å². The second-order valence-corrected chi connectivity index (χ2v) is 6.09. The van der Waals surface area contributed by atoms with E-state index in [0.29, 0.717) is 12.1 Å². The van der Waals surface area contributed by atoms with E-state index >= 15 is 0 Å². The number of halogens is 1. The number of nitrogens with one attached hydrogen (secondary N) is 1. The molecule has 1 aromatic heterocycles. The normalized spacial score (nSPS) is 11.4. The monoisotopic (exact) mass is 372 g/mol. The molecular formula is C18H17BrN2O2. The number of H-pyrrole nitrogens is 1. The van der Waals surface area contributed by atoms with Gasteiger partial charge >= 0.3 is 0 Å². The highest BCUT2D eigenvalue weighted by Gasteiger charge is 2.09. The van der Waals surface area contributed by atoms with Crippen molar-refractivity contribution >= 4 is 33.0 Å². The summed E-state index contributed by atoms with van der Waals surface area (Å²) in [5, 5.41) is 11.0. The minimum atomic E-state index is 0.138. The Labute approximate surface area is 143 Å². The minimum absolute atomic E-state index is 0.138. The van der Waals surface area contributed by atoms with E-state index in [9.17, 15) is 5.11 Å². The van der Waals surface area contributed by atoms with Crippen LogP contribution < -0.4 is 4.74 Å². The van der Waals surface area contributed by atoms with Crippen LogP contribution in [0, 0.1) is 0 Å². The number of ether oxygens (including phenoxy) is 1. The molecule has 0 aliphatic rings. The van der Waals surface area contributed by atoms with Crippen LogP contribution in [0.4, 0.5) is 0 Å². The molecule has 2 N–H and O–H groups in total. The molecule has 0 aliphatic carbocycles. The lowest BCUT2D eigenvalue weighted by atomic mass is 10.1. The first-order valence-corrected chi connectivity index (χ1v) is 8.10. The zero-order chi connectivity index (χ0) is 16.2. The first kappa shape index (κ1) is 15.6. The molecule has 0 bridgehead atoms. The minimum Gasteiger partial charge on any atom is -0.496 e. The summed E-state index contributed by atoms with van der Waals surface area (Å²) in [6.45, 7) is 0.625. The molecular weight excluding hydrogens is 356 g/mol. The summed E-state index contributed by atoms with van der Waals surface area (Å²) < 4.78 is 6.30. The molecule has 23 heavy (non-hydrogen) atoms. The van der Waals surface area contributed by atoms with E-state index in [0.717, 1.165) is 33.1 Å². The summed E-state index contributed by atoms with van der Waals surface area (Å²) in [6, 6.07) is 13.7. The van der Waals surface area contributed by atoms with Crippen molar-refractivity contribution in [1.82, 2.24) is 4.98 Å². The third-order valence-electron chi connectivity index (χ3n) is 3.70. The number of aliphatic imine (C=N–C) groups is 1. The number of fused-ring (bicyclic) bond motifs is 1. The van der Waals surface area contributed by atoms with Gasteiger partial charge in [0, 0.05) is 28.1 Å². The lowest BCUT2D eigenvalue weighted by Gasteiger charge is -2.05. The number of hydrogen-bond donors (Lipinski definition) is 2. The Bertz CT molecular complexity index is 855. The smallest absolute Gasteiger partial charge is 0.198 e. The molecule has 118 valence electrons. The van der Waals surface area contributed by atoms with Crippen molar-refractivity contribution in [1.29, 1.82) is 0 Å². The summed E-state index contributed by atoms with van der Waals surface area (Å²) in [6.07, 6.45) is 2.50. The van der Waals surface area contributed by atoms with Crippen LogP contribution in [-0.2, 0) is 6.42 Å². The Morgan fingerprint density at radius 2 is 2.09 bits per heavy atom. The van der Waals surface area contributed by atoms with Crippen molar-refractivity contribution in [2.45, 2.75) is 6.42 Å². The van der Waals surface area contributed by atoms with Gasteiger partial charge in [0.25, 0.3) is 0 Å². The second kappa shape index (κ2) is 6.87. The standard InChI is InChI=1S/C18H17BrN2O2/c1-23-17-5-3-2-4-12(17)8-9-20-11-15-14-10-13(19)6-7-16(14)21-18(15)22/h2-7,10-11,21-22H,8-9H2,1H3. The van der Waals surface area contributed by atoms with Crippen molar-refractivity contribution in [3.05, 3.63) is 58.1 Å². The number of nitrogens with zero attached hydrogens (tertiary/aromatic N) is 1. The summed E-state index contributed by atoms with van der Waals surface area (Å²) in [4.78, 5) is 7.40. The Morgan fingerprint density at radius 3 is 2.91 bits per heavy atom.